The third-order valence-corrected chi connectivity index (χ3v) is 6.90. The number of unbranched alkanes of at least 4 members (excludes halogenated alkanes) is 2. The number of sulfonamides is 1. The molecular weight excluding hydrogens is 424 g/mol. The molecule has 0 fully saturated rings. The van der Waals surface area contributed by atoms with Crippen LogP contribution in [0.1, 0.15) is 50.7 Å². The number of anilines is 1. The molecule has 1 aliphatic rings. The van der Waals surface area contributed by atoms with Crippen LogP contribution in [0.3, 0.4) is 0 Å². The first-order valence-corrected chi connectivity index (χ1v) is 12.7. The van der Waals surface area contributed by atoms with Crippen LogP contribution in [0.2, 0.25) is 0 Å². The largest absolute Gasteiger partial charge is 0.326 e. The number of nitrogens with one attached hydrogen (secondary N) is 2. The number of rotatable bonds is 11. The standard InChI is InChI=1S/C24H32N4O3S/c1-3-28(4-2)18-19-11-10-12-20(17-19)26-23(29)15-6-5-9-16-25-24-21-13-7-8-14-22(21)32(30,31)27-24/h7-8,10-14,17H,3-6,9,15-16,18H2,1-2H3,(H,25,27)(H,26,29). The molecule has 8 heteroatoms. The van der Waals surface area contributed by atoms with Gasteiger partial charge in [-0.05, 0) is 55.8 Å². The van der Waals surface area contributed by atoms with Crippen LogP contribution < -0.4 is 10.0 Å². The van der Waals surface area contributed by atoms with Gasteiger partial charge < -0.3 is 5.32 Å². The lowest BCUT2D eigenvalue weighted by molar-refractivity contribution is -0.116. The molecule has 0 bridgehead atoms. The van der Waals surface area contributed by atoms with Gasteiger partial charge in [-0.15, -0.1) is 0 Å². The molecule has 1 amide bonds. The molecule has 0 spiro atoms. The van der Waals surface area contributed by atoms with Crippen LogP contribution in [-0.2, 0) is 21.4 Å². The number of hydrogen-bond donors (Lipinski definition) is 2. The molecule has 7 nitrogen and oxygen atoms in total. The summed E-state index contributed by atoms with van der Waals surface area (Å²) in [6.07, 6.45) is 2.85. The summed E-state index contributed by atoms with van der Waals surface area (Å²) in [6, 6.07) is 14.8. The van der Waals surface area contributed by atoms with E-state index in [1.165, 1.54) is 5.56 Å². The third-order valence-electron chi connectivity index (χ3n) is 5.51. The number of amidine groups is 1. The maximum absolute atomic E-state index is 12.3. The second-order valence-electron chi connectivity index (χ2n) is 7.85. The van der Waals surface area contributed by atoms with Gasteiger partial charge in [0, 0.05) is 30.8 Å². The molecule has 0 aromatic heterocycles. The average molecular weight is 457 g/mol. The van der Waals surface area contributed by atoms with Crippen molar-refractivity contribution in [3.63, 3.8) is 0 Å². The molecular formula is C24H32N4O3S. The Labute approximate surface area is 191 Å². The summed E-state index contributed by atoms with van der Waals surface area (Å²) in [4.78, 5) is 19.3. The van der Waals surface area contributed by atoms with Crippen molar-refractivity contribution < 1.29 is 13.2 Å². The Morgan fingerprint density at radius 3 is 2.59 bits per heavy atom. The zero-order chi connectivity index (χ0) is 23.0. The van der Waals surface area contributed by atoms with Gasteiger partial charge >= 0.3 is 0 Å². The van der Waals surface area contributed by atoms with E-state index in [9.17, 15) is 13.2 Å². The first kappa shape index (κ1) is 23.9. The summed E-state index contributed by atoms with van der Waals surface area (Å²) in [7, 11) is -3.49. The van der Waals surface area contributed by atoms with E-state index in [2.05, 4.69) is 39.8 Å². The van der Waals surface area contributed by atoms with Crippen molar-refractivity contribution in [3.05, 3.63) is 59.7 Å². The molecule has 1 aliphatic heterocycles. The molecule has 1 heterocycles. The van der Waals surface area contributed by atoms with E-state index in [4.69, 9.17) is 0 Å². The molecule has 0 unspecified atom stereocenters. The monoisotopic (exact) mass is 456 g/mol. The summed E-state index contributed by atoms with van der Waals surface area (Å²) >= 11 is 0. The van der Waals surface area contributed by atoms with Crippen LogP contribution in [0, 0.1) is 0 Å². The fourth-order valence-electron chi connectivity index (χ4n) is 3.69. The lowest BCUT2D eigenvalue weighted by Crippen LogP contribution is -2.22. The van der Waals surface area contributed by atoms with E-state index in [0.29, 0.717) is 24.4 Å². The summed E-state index contributed by atoms with van der Waals surface area (Å²) in [5.74, 6) is 0.414. The van der Waals surface area contributed by atoms with E-state index in [1.807, 2.05) is 18.2 Å². The van der Waals surface area contributed by atoms with Crippen LogP contribution in [0.4, 0.5) is 5.69 Å². The Bertz CT molecular complexity index is 1060. The predicted octanol–water partition coefficient (Wildman–Crippen LogP) is 3.77. The van der Waals surface area contributed by atoms with Crippen molar-refractivity contribution in [2.24, 2.45) is 4.99 Å². The smallest absolute Gasteiger partial charge is 0.263 e. The van der Waals surface area contributed by atoms with Crippen molar-refractivity contribution in [3.8, 4) is 0 Å². The molecule has 0 atom stereocenters. The summed E-state index contributed by atoms with van der Waals surface area (Å²) in [5, 5.41) is 2.99. The fraction of sp³-hybridized carbons (Fsp3) is 0.417. The lowest BCUT2D eigenvalue weighted by atomic mass is 10.1. The van der Waals surface area contributed by atoms with Gasteiger partial charge in [0.05, 0.1) is 4.90 Å². The van der Waals surface area contributed by atoms with Crippen molar-refractivity contribution in [2.45, 2.75) is 51.0 Å². The molecule has 0 saturated heterocycles. The van der Waals surface area contributed by atoms with Crippen LogP contribution in [-0.4, -0.2) is 44.7 Å². The Kier molecular flexibility index (Phi) is 8.41. The number of hydrogen-bond acceptors (Lipinski definition) is 5. The van der Waals surface area contributed by atoms with Crippen LogP contribution >= 0.6 is 0 Å². The highest BCUT2D eigenvalue weighted by molar-refractivity contribution is 7.90. The summed E-state index contributed by atoms with van der Waals surface area (Å²) in [6.45, 7) is 7.67. The number of benzene rings is 2. The predicted molar refractivity (Wildman–Crippen MR) is 128 cm³/mol. The summed E-state index contributed by atoms with van der Waals surface area (Å²) < 4.78 is 26.7. The van der Waals surface area contributed by atoms with Crippen molar-refractivity contribution >= 4 is 27.5 Å². The molecule has 2 aromatic rings. The average Bonchev–Trinajstić information content (AvgIpc) is 3.05. The zero-order valence-electron chi connectivity index (χ0n) is 18.8. The first-order valence-electron chi connectivity index (χ1n) is 11.2. The van der Waals surface area contributed by atoms with Gasteiger partial charge in [0.25, 0.3) is 10.0 Å². The Morgan fingerprint density at radius 1 is 1.03 bits per heavy atom. The zero-order valence-corrected chi connectivity index (χ0v) is 19.6. The fourth-order valence-corrected chi connectivity index (χ4v) is 4.94. The number of amides is 1. The Morgan fingerprint density at radius 2 is 1.81 bits per heavy atom. The summed E-state index contributed by atoms with van der Waals surface area (Å²) in [5.41, 5.74) is 2.64. The van der Waals surface area contributed by atoms with Crippen LogP contribution in [0.25, 0.3) is 0 Å². The quantitative estimate of drug-likeness (QED) is 0.504. The molecule has 0 aliphatic carbocycles. The van der Waals surface area contributed by atoms with E-state index in [1.54, 1.807) is 24.3 Å². The van der Waals surface area contributed by atoms with Crippen molar-refractivity contribution in [1.82, 2.24) is 9.62 Å². The molecule has 2 N–H and O–H groups in total. The molecule has 172 valence electrons. The van der Waals surface area contributed by atoms with Gasteiger partial charge in [-0.2, -0.15) is 0 Å². The Hall–Kier alpha value is -2.71. The third kappa shape index (κ3) is 6.40. The minimum absolute atomic E-state index is 0.00813. The van der Waals surface area contributed by atoms with E-state index in [-0.39, 0.29) is 10.8 Å². The first-order chi connectivity index (χ1) is 15.4. The highest BCUT2D eigenvalue weighted by Gasteiger charge is 2.29. The lowest BCUT2D eigenvalue weighted by Gasteiger charge is -2.18. The van der Waals surface area contributed by atoms with Crippen LogP contribution in [0.15, 0.2) is 58.4 Å². The van der Waals surface area contributed by atoms with Gasteiger partial charge in [0.2, 0.25) is 5.91 Å². The van der Waals surface area contributed by atoms with E-state index in [0.717, 1.165) is 44.6 Å². The van der Waals surface area contributed by atoms with Gasteiger partial charge in [0.15, 0.2) is 0 Å². The maximum Gasteiger partial charge on any atom is 0.263 e. The normalized spacial score (nSPS) is 15.5. The van der Waals surface area contributed by atoms with E-state index < -0.39 is 10.0 Å². The van der Waals surface area contributed by atoms with Crippen molar-refractivity contribution in [2.75, 3.05) is 25.0 Å². The molecule has 3 rings (SSSR count). The second-order valence-corrected chi connectivity index (χ2v) is 9.50. The SMILES string of the molecule is CCN(CC)Cc1cccc(NC(=O)CCCCCN=C2NS(=O)(=O)c3ccccc32)c1. The number of nitrogens with zero attached hydrogens (tertiary/aromatic N) is 2. The van der Waals surface area contributed by atoms with Gasteiger partial charge in [-0.3, -0.25) is 19.4 Å². The van der Waals surface area contributed by atoms with Crippen LogP contribution in [0.5, 0.6) is 0 Å². The van der Waals surface area contributed by atoms with Gasteiger partial charge in [-0.1, -0.05) is 44.5 Å². The number of fused-ring (bicyclic) bond motifs is 1. The molecule has 32 heavy (non-hydrogen) atoms. The van der Waals surface area contributed by atoms with Crippen molar-refractivity contribution in [1.29, 1.82) is 0 Å². The molecule has 0 saturated carbocycles. The minimum atomic E-state index is -3.49. The van der Waals surface area contributed by atoms with Gasteiger partial charge in [0.1, 0.15) is 5.84 Å². The minimum Gasteiger partial charge on any atom is -0.326 e. The Balaban J connectivity index is 1.40. The highest BCUT2D eigenvalue weighted by Crippen LogP contribution is 2.22. The number of carbonyl (C=O) groups is 1. The molecule has 2 aromatic carbocycles. The maximum atomic E-state index is 12.3. The topological polar surface area (TPSA) is 90.9 Å². The molecule has 0 radical (unpaired) electrons. The number of aliphatic imine (C=N–C) groups is 1. The van der Waals surface area contributed by atoms with E-state index >= 15 is 0 Å². The highest BCUT2D eigenvalue weighted by atomic mass is 32.2. The van der Waals surface area contributed by atoms with Gasteiger partial charge in [-0.25, -0.2) is 8.42 Å². The second kappa shape index (κ2) is 11.2. The number of carbonyl (C=O) groups excluding carboxylic acids is 1.